The number of hydrogen-bond acceptors (Lipinski definition) is 2. The van der Waals surface area contributed by atoms with Crippen LogP contribution in [0, 0.1) is 0 Å². The van der Waals surface area contributed by atoms with E-state index in [1.165, 1.54) is 0 Å². The van der Waals surface area contributed by atoms with E-state index in [1.54, 1.807) is 4.31 Å². The van der Waals surface area contributed by atoms with E-state index in [4.69, 9.17) is 0 Å². The molecule has 19 heavy (non-hydrogen) atoms. The zero-order valence-electron chi connectivity index (χ0n) is 11.7. The molecule has 0 amide bonds. The van der Waals surface area contributed by atoms with Crippen molar-refractivity contribution in [3.8, 4) is 0 Å². The molecule has 1 aliphatic heterocycles. The van der Waals surface area contributed by atoms with E-state index in [-0.39, 0.29) is 11.3 Å². The molecule has 0 saturated carbocycles. The Morgan fingerprint density at radius 1 is 1.32 bits per heavy atom. The smallest absolute Gasteiger partial charge is 0.218 e. The fraction of sp³-hybridized carbons (Fsp3) is 0.571. The van der Waals surface area contributed by atoms with Crippen LogP contribution in [-0.2, 0) is 15.8 Å². The third-order valence-electron chi connectivity index (χ3n) is 3.75. The van der Waals surface area contributed by atoms with Crippen LogP contribution in [0.25, 0.3) is 0 Å². The first-order valence-electron chi connectivity index (χ1n) is 6.73. The van der Waals surface area contributed by atoms with Crippen LogP contribution in [0.5, 0.6) is 0 Å². The quantitative estimate of drug-likeness (QED) is 0.916. The zero-order chi connectivity index (χ0) is 14.1. The molecule has 5 heteroatoms. The Balaban J connectivity index is 2.22. The molecular weight excluding hydrogens is 260 g/mol. The molecule has 1 fully saturated rings. The Hall–Kier alpha value is -0.910. The lowest BCUT2D eigenvalue weighted by Crippen LogP contribution is -2.50. The van der Waals surface area contributed by atoms with Crippen LogP contribution in [0.3, 0.4) is 0 Å². The molecule has 0 bridgehead atoms. The molecule has 0 aromatic heterocycles. The predicted molar refractivity (Wildman–Crippen MR) is 76.2 cm³/mol. The first-order valence-corrected chi connectivity index (χ1v) is 8.34. The van der Waals surface area contributed by atoms with Crippen LogP contribution in [0.2, 0.25) is 0 Å². The van der Waals surface area contributed by atoms with Gasteiger partial charge in [-0.1, -0.05) is 18.6 Å². The predicted octanol–water partition coefficient (Wildman–Crippen LogP) is 1.65. The third-order valence-corrected chi connectivity index (χ3v) is 5.80. The van der Waals surface area contributed by atoms with Crippen molar-refractivity contribution < 1.29 is 14.2 Å². The molecule has 4 nitrogen and oxygen atoms in total. The van der Waals surface area contributed by atoms with Crippen LogP contribution in [0.1, 0.15) is 38.7 Å². The fourth-order valence-corrected chi connectivity index (χ4v) is 4.77. The highest BCUT2D eigenvalue weighted by Gasteiger charge is 2.37. The van der Waals surface area contributed by atoms with Gasteiger partial charge >= 0.3 is 0 Å². The second-order valence-corrected chi connectivity index (χ2v) is 7.81. The Morgan fingerprint density at radius 2 is 2.05 bits per heavy atom. The first kappa shape index (κ1) is 14.5. The molecule has 3 N–H and O–H groups in total. The van der Waals surface area contributed by atoms with Crippen molar-refractivity contribution in [2.45, 2.75) is 44.4 Å². The van der Waals surface area contributed by atoms with E-state index in [9.17, 15) is 8.42 Å². The van der Waals surface area contributed by atoms with E-state index in [2.05, 4.69) is 5.73 Å². The molecular formula is C14H23N2O2S+. The standard InChI is InChI=1S/C14H22N2O2S/c1-14(2)8-3-4-9-16(14)19(17,18)11-12-6-5-7-13(15)10-12/h5-7,10H,3-4,8-9,11,15H2,1-2H3/p+1. The summed E-state index contributed by atoms with van der Waals surface area (Å²) in [6.45, 7) is 4.67. The zero-order valence-corrected chi connectivity index (χ0v) is 12.5. The van der Waals surface area contributed by atoms with Gasteiger partial charge in [-0.15, -0.1) is 0 Å². The van der Waals surface area contributed by atoms with Gasteiger partial charge in [-0.2, -0.15) is 4.31 Å². The van der Waals surface area contributed by atoms with E-state index >= 15 is 0 Å². The van der Waals surface area contributed by atoms with Gasteiger partial charge in [0.15, 0.2) is 0 Å². The summed E-state index contributed by atoms with van der Waals surface area (Å²) in [6, 6.07) is 7.42. The minimum Gasteiger partial charge on any atom is -0.325 e. The molecule has 1 aromatic carbocycles. The average molecular weight is 283 g/mol. The van der Waals surface area contributed by atoms with Gasteiger partial charge in [-0.05, 0) is 38.3 Å². The number of nitrogens with zero attached hydrogens (tertiary/aromatic N) is 1. The number of rotatable bonds is 3. The molecule has 1 saturated heterocycles. The summed E-state index contributed by atoms with van der Waals surface area (Å²) in [7, 11) is -3.26. The van der Waals surface area contributed by atoms with Gasteiger partial charge in [0.2, 0.25) is 10.0 Å². The maximum atomic E-state index is 12.6. The highest BCUT2D eigenvalue weighted by atomic mass is 32.2. The monoisotopic (exact) mass is 283 g/mol. The van der Waals surface area contributed by atoms with Gasteiger partial charge in [-0.3, -0.25) is 0 Å². The largest absolute Gasteiger partial charge is 0.325 e. The molecule has 1 aromatic rings. The molecule has 0 unspecified atom stereocenters. The Morgan fingerprint density at radius 3 is 2.68 bits per heavy atom. The van der Waals surface area contributed by atoms with Gasteiger partial charge in [0.1, 0.15) is 5.69 Å². The molecule has 106 valence electrons. The summed E-state index contributed by atoms with van der Waals surface area (Å²) < 4.78 is 26.9. The number of benzene rings is 1. The minimum atomic E-state index is -3.26. The fourth-order valence-electron chi connectivity index (χ4n) is 2.76. The van der Waals surface area contributed by atoms with Crippen molar-refractivity contribution in [1.82, 2.24) is 4.31 Å². The van der Waals surface area contributed by atoms with Crippen LogP contribution in [0.4, 0.5) is 5.69 Å². The van der Waals surface area contributed by atoms with E-state index in [0.717, 1.165) is 30.5 Å². The van der Waals surface area contributed by atoms with Crippen molar-refractivity contribution in [2.24, 2.45) is 0 Å². The Labute approximate surface area is 115 Å². The maximum Gasteiger partial charge on any atom is 0.218 e. The van der Waals surface area contributed by atoms with Crippen molar-refractivity contribution >= 4 is 15.7 Å². The molecule has 1 heterocycles. The lowest BCUT2D eigenvalue weighted by molar-refractivity contribution is -0.254. The summed E-state index contributed by atoms with van der Waals surface area (Å²) in [5.74, 6) is 0.0692. The SMILES string of the molecule is CC1(C)CCCCN1S(=O)(=O)Cc1cccc([NH3+])c1. The third kappa shape index (κ3) is 3.35. The van der Waals surface area contributed by atoms with Crippen LogP contribution in [0.15, 0.2) is 24.3 Å². The molecule has 0 radical (unpaired) electrons. The van der Waals surface area contributed by atoms with Gasteiger partial charge in [0.05, 0.1) is 5.75 Å². The number of quaternary nitrogens is 1. The normalized spacial score (nSPS) is 20.4. The summed E-state index contributed by atoms with van der Waals surface area (Å²) in [5.41, 5.74) is 5.25. The average Bonchev–Trinajstić information content (AvgIpc) is 2.27. The topological polar surface area (TPSA) is 65.0 Å². The molecule has 0 atom stereocenters. The van der Waals surface area contributed by atoms with Crippen molar-refractivity contribution in [3.63, 3.8) is 0 Å². The maximum absolute atomic E-state index is 12.6. The second-order valence-electron chi connectivity index (χ2n) is 5.92. The van der Waals surface area contributed by atoms with Crippen molar-refractivity contribution in [1.29, 1.82) is 0 Å². The Bertz CT molecular complexity index is 552. The number of sulfonamides is 1. The summed E-state index contributed by atoms with van der Waals surface area (Å²) in [4.78, 5) is 0. The van der Waals surface area contributed by atoms with Gasteiger partial charge in [-0.25, -0.2) is 8.42 Å². The van der Waals surface area contributed by atoms with Crippen molar-refractivity contribution in [2.75, 3.05) is 6.54 Å². The lowest BCUT2D eigenvalue weighted by atomic mass is 9.93. The van der Waals surface area contributed by atoms with Crippen LogP contribution >= 0.6 is 0 Å². The highest BCUT2D eigenvalue weighted by Crippen LogP contribution is 2.31. The first-order chi connectivity index (χ1) is 8.81. The second kappa shape index (κ2) is 5.23. The molecule has 0 aliphatic carbocycles. The molecule has 1 aliphatic rings. The van der Waals surface area contributed by atoms with Crippen LogP contribution in [-0.4, -0.2) is 24.8 Å². The van der Waals surface area contributed by atoms with Gasteiger partial charge in [0, 0.05) is 18.2 Å². The molecule has 0 spiro atoms. The van der Waals surface area contributed by atoms with Gasteiger partial charge in [0.25, 0.3) is 0 Å². The summed E-state index contributed by atoms with van der Waals surface area (Å²) in [6.07, 6.45) is 2.99. The van der Waals surface area contributed by atoms with Crippen molar-refractivity contribution in [3.05, 3.63) is 29.8 Å². The lowest BCUT2D eigenvalue weighted by Gasteiger charge is -2.41. The number of hydrogen-bond donors (Lipinski definition) is 1. The number of piperidine rings is 1. The Kier molecular flexibility index (Phi) is 3.99. The minimum absolute atomic E-state index is 0.0692. The molecule has 2 rings (SSSR count). The van der Waals surface area contributed by atoms with E-state index in [0.29, 0.717) is 6.54 Å². The van der Waals surface area contributed by atoms with Gasteiger partial charge < -0.3 is 5.73 Å². The highest BCUT2D eigenvalue weighted by molar-refractivity contribution is 7.88. The summed E-state index contributed by atoms with van der Waals surface area (Å²) >= 11 is 0. The van der Waals surface area contributed by atoms with E-state index < -0.39 is 10.0 Å². The van der Waals surface area contributed by atoms with Crippen LogP contribution < -0.4 is 5.73 Å². The summed E-state index contributed by atoms with van der Waals surface area (Å²) in [5, 5.41) is 0. The van der Waals surface area contributed by atoms with E-state index in [1.807, 2.05) is 38.1 Å².